The fraction of sp³-hybridized carbons (Fsp3) is 1.00. The molecule has 0 fully saturated rings. The molecule has 0 heterocycles. The van der Waals surface area contributed by atoms with E-state index in [4.69, 9.17) is 9.53 Å². The van der Waals surface area contributed by atoms with Crippen LogP contribution in [0.15, 0.2) is 0 Å². The summed E-state index contributed by atoms with van der Waals surface area (Å²) in [6.07, 6.45) is 0.820. The lowest BCUT2D eigenvalue weighted by Crippen LogP contribution is -2.42. The first-order chi connectivity index (χ1) is 6.81. The van der Waals surface area contributed by atoms with Crippen molar-refractivity contribution in [2.45, 2.75) is 45.3 Å². The number of hydrogen-bond acceptors (Lipinski definition) is 3. The van der Waals surface area contributed by atoms with Crippen molar-refractivity contribution in [3.8, 4) is 0 Å². The molecule has 0 saturated carbocycles. The molecule has 0 bridgehead atoms. The van der Waals surface area contributed by atoms with Gasteiger partial charge in [0.15, 0.2) is 8.32 Å². The Balaban J connectivity index is 3.58. The molecule has 15 heavy (non-hydrogen) atoms. The Morgan fingerprint density at radius 2 is 1.80 bits per heavy atom. The van der Waals surface area contributed by atoms with Gasteiger partial charge >= 0.3 is 0 Å². The topological polar surface area (TPSA) is 41.5 Å². The van der Waals surface area contributed by atoms with Crippen molar-refractivity contribution in [1.29, 1.82) is 0 Å². The molecule has 0 atom stereocenters. The summed E-state index contributed by atoms with van der Waals surface area (Å²) in [5.74, 6) is 0. The second-order valence-corrected chi connectivity index (χ2v) is 10.2. The third-order valence-electron chi connectivity index (χ3n) is 3.06. The van der Waals surface area contributed by atoms with Gasteiger partial charge in [0.2, 0.25) is 0 Å². The van der Waals surface area contributed by atoms with Crippen LogP contribution in [0.4, 0.5) is 0 Å². The second kappa shape index (κ2) is 6.63. The van der Waals surface area contributed by atoms with E-state index in [2.05, 4.69) is 39.2 Å². The maximum Gasteiger partial charge on any atom is 0.192 e. The third kappa shape index (κ3) is 6.30. The van der Waals surface area contributed by atoms with Crippen molar-refractivity contribution in [2.24, 2.45) is 0 Å². The van der Waals surface area contributed by atoms with Crippen molar-refractivity contribution < 1.29 is 9.53 Å². The van der Waals surface area contributed by atoms with Crippen LogP contribution in [0.25, 0.3) is 0 Å². The Hall–Kier alpha value is 0.0969. The van der Waals surface area contributed by atoms with Crippen LogP contribution in [0, 0.1) is 0 Å². The van der Waals surface area contributed by atoms with E-state index in [0.717, 1.165) is 26.1 Å². The highest BCUT2D eigenvalue weighted by molar-refractivity contribution is 6.74. The van der Waals surface area contributed by atoms with Gasteiger partial charge in [-0.1, -0.05) is 20.8 Å². The van der Waals surface area contributed by atoms with Gasteiger partial charge in [0.25, 0.3) is 0 Å². The maximum absolute atomic E-state index is 8.59. The van der Waals surface area contributed by atoms with E-state index in [0.29, 0.717) is 0 Å². The molecule has 0 unspecified atom stereocenters. The van der Waals surface area contributed by atoms with E-state index in [1.54, 1.807) is 0 Å². The summed E-state index contributed by atoms with van der Waals surface area (Å²) in [5, 5.41) is 12.1. The molecule has 0 aromatic carbocycles. The molecular weight excluding hydrogens is 206 g/mol. The Kier molecular flexibility index (Phi) is 6.67. The van der Waals surface area contributed by atoms with Crippen LogP contribution in [-0.2, 0) is 4.43 Å². The zero-order valence-electron chi connectivity index (χ0n) is 10.9. The largest absolute Gasteiger partial charge is 0.416 e. The minimum absolute atomic E-state index is 0.260. The molecule has 0 spiro atoms. The monoisotopic (exact) mass is 233 g/mol. The molecule has 3 nitrogen and oxygen atoms in total. The van der Waals surface area contributed by atoms with E-state index in [1.807, 2.05) is 0 Å². The first-order valence-electron chi connectivity index (χ1n) is 5.77. The molecule has 0 rings (SSSR count). The molecule has 0 saturated heterocycles. The average molecular weight is 233 g/mol. The van der Waals surface area contributed by atoms with E-state index < -0.39 is 8.32 Å². The van der Waals surface area contributed by atoms with Gasteiger partial charge in [-0.2, -0.15) is 0 Å². The van der Waals surface area contributed by atoms with E-state index in [-0.39, 0.29) is 11.6 Å². The van der Waals surface area contributed by atoms with Crippen LogP contribution in [-0.4, -0.2) is 39.7 Å². The lowest BCUT2D eigenvalue weighted by atomic mass is 10.2. The van der Waals surface area contributed by atoms with Gasteiger partial charge < -0.3 is 14.8 Å². The van der Waals surface area contributed by atoms with Crippen molar-refractivity contribution in [1.82, 2.24) is 5.32 Å². The van der Waals surface area contributed by atoms with Crippen molar-refractivity contribution in [2.75, 3.05) is 26.3 Å². The smallest absolute Gasteiger partial charge is 0.192 e. The lowest BCUT2D eigenvalue weighted by molar-refractivity contribution is 0.270. The van der Waals surface area contributed by atoms with Gasteiger partial charge in [-0.25, -0.2) is 0 Å². The number of nitrogens with one attached hydrogen (secondary N) is 1. The van der Waals surface area contributed by atoms with Crippen LogP contribution in [0.2, 0.25) is 18.1 Å². The van der Waals surface area contributed by atoms with Crippen molar-refractivity contribution in [3.63, 3.8) is 0 Å². The zero-order chi connectivity index (χ0) is 11.9. The summed E-state index contributed by atoms with van der Waals surface area (Å²) in [6.45, 7) is 14.1. The second-order valence-electron chi connectivity index (χ2n) is 5.44. The molecular formula is C11H27NO2Si. The molecule has 0 aliphatic carbocycles. The van der Waals surface area contributed by atoms with Crippen molar-refractivity contribution in [3.05, 3.63) is 0 Å². The molecule has 0 aliphatic heterocycles. The average Bonchev–Trinajstić information content (AvgIpc) is 2.09. The van der Waals surface area contributed by atoms with Crippen LogP contribution >= 0.6 is 0 Å². The number of rotatable bonds is 7. The Labute approximate surface area is 95.4 Å². The molecule has 2 N–H and O–H groups in total. The highest BCUT2D eigenvalue weighted by Crippen LogP contribution is 2.36. The van der Waals surface area contributed by atoms with Crippen LogP contribution in [0.1, 0.15) is 27.2 Å². The molecule has 0 amide bonds. The fourth-order valence-corrected chi connectivity index (χ4v) is 1.97. The van der Waals surface area contributed by atoms with E-state index >= 15 is 0 Å². The molecule has 4 heteroatoms. The summed E-state index contributed by atoms with van der Waals surface area (Å²) < 4.78 is 5.99. The minimum atomic E-state index is -1.56. The summed E-state index contributed by atoms with van der Waals surface area (Å²) in [4.78, 5) is 0. The van der Waals surface area contributed by atoms with E-state index in [9.17, 15) is 0 Å². The minimum Gasteiger partial charge on any atom is -0.416 e. The number of aliphatic hydroxyl groups is 1. The van der Waals surface area contributed by atoms with Gasteiger partial charge in [0, 0.05) is 19.8 Å². The standard InChI is InChI=1S/C11H27NO2Si/c1-11(2,3)15(4,5)14-10-8-12-7-6-9-13/h12-13H,6-10H2,1-5H3. The predicted molar refractivity (Wildman–Crippen MR) is 67.7 cm³/mol. The van der Waals surface area contributed by atoms with Crippen LogP contribution in [0.3, 0.4) is 0 Å². The first kappa shape index (κ1) is 15.1. The SMILES string of the molecule is CC(C)(C)[Si](C)(C)OCCNCCCO. The van der Waals surface area contributed by atoms with Gasteiger partial charge in [0.05, 0.1) is 0 Å². The normalized spacial score (nSPS) is 13.2. The molecule has 0 radical (unpaired) electrons. The van der Waals surface area contributed by atoms with Crippen molar-refractivity contribution >= 4 is 8.32 Å². The van der Waals surface area contributed by atoms with Crippen LogP contribution in [0.5, 0.6) is 0 Å². The summed E-state index contributed by atoms with van der Waals surface area (Å²) in [6, 6.07) is 0. The maximum atomic E-state index is 8.59. The van der Waals surface area contributed by atoms with Gasteiger partial charge in [-0.3, -0.25) is 0 Å². The highest BCUT2D eigenvalue weighted by Gasteiger charge is 2.36. The number of aliphatic hydroxyl groups excluding tert-OH is 1. The third-order valence-corrected chi connectivity index (χ3v) is 7.60. The summed E-state index contributed by atoms with van der Waals surface area (Å²) in [7, 11) is -1.56. The number of hydrogen-bond donors (Lipinski definition) is 2. The Morgan fingerprint density at radius 3 is 2.27 bits per heavy atom. The molecule has 0 aromatic heterocycles. The first-order valence-corrected chi connectivity index (χ1v) is 8.67. The Bertz CT molecular complexity index is 166. The fourth-order valence-electron chi connectivity index (χ4n) is 0.924. The van der Waals surface area contributed by atoms with Gasteiger partial charge in [-0.05, 0) is 31.1 Å². The van der Waals surface area contributed by atoms with E-state index in [1.165, 1.54) is 0 Å². The summed E-state index contributed by atoms with van der Waals surface area (Å²) in [5.41, 5.74) is 0. The molecule has 0 aromatic rings. The van der Waals surface area contributed by atoms with Gasteiger partial charge in [-0.15, -0.1) is 0 Å². The highest BCUT2D eigenvalue weighted by atomic mass is 28.4. The zero-order valence-corrected chi connectivity index (χ0v) is 11.9. The molecule has 0 aliphatic rings. The summed E-state index contributed by atoms with van der Waals surface area (Å²) >= 11 is 0. The Morgan fingerprint density at radius 1 is 1.20 bits per heavy atom. The molecule has 92 valence electrons. The van der Waals surface area contributed by atoms with Crippen LogP contribution < -0.4 is 5.32 Å². The lowest BCUT2D eigenvalue weighted by Gasteiger charge is -2.36. The quantitative estimate of drug-likeness (QED) is 0.522. The predicted octanol–water partition coefficient (Wildman–Crippen LogP) is 1.98. The van der Waals surface area contributed by atoms with Gasteiger partial charge in [0.1, 0.15) is 0 Å².